The SMILES string of the molecule is COc1ccc(NC(C)=O)cc1NC(=O)C[C@H]1NC(=O)N(CCc2ccccc2)C1=O. The van der Waals surface area contributed by atoms with Crippen LogP contribution >= 0.6 is 0 Å². The molecule has 0 unspecified atom stereocenters. The highest BCUT2D eigenvalue weighted by Crippen LogP contribution is 2.28. The molecule has 1 aliphatic rings. The third-order valence-electron chi connectivity index (χ3n) is 4.76. The van der Waals surface area contributed by atoms with Crippen LogP contribution in [0, 0.1) is 0 Å². The summed E-state index contributed by atoms with van der Waals surface area (Å²) in [6, 6.07) is 12.9. The van der Waals surface area contributed by atoms with Crippen molar-refractivity contribution in [1.29, 1.82) is 0 Å². The van der Waals surface area contributed by atoms with Gasteiger partial charge < -0.3 is 20.7 Å². The number of benzene rings is 2. The Balaban J connectivity index is 1.61. The summed E-state index contributed by atoms with van der Waals surface area (Å²) in [4.78, 5) is 49.7. The van der Waals surface area contributed by atoms with Crippen LogP contribution < -0.4 is 20.7 Å². The third-order valence-corrected chi connectivity index (χ3v) is 4.76. The van der Waals surface area contributed by atoms with E-state index in [0.717, 1.165) is 10.5 Å². The second-order valence-corrected chi connectivity index (χ2v) is 7.08. The highest BCUT2D eigenvalue weighted by atomic mass is 16.5. The summed E-state index contributed by atoms with van der Waals surface area (Å²) in [5.74, 6) is -0.761. The van der Waals surface area contributed by atoms with Gasteiger partial charge in [0.05, 0.1) is 19.2 Å². The van der Waals surface area contributed by atoms with Crippen molar-refractivity contribution >= 4 is 35.1 Å². The zero-order valence-corrected chi connectivity index (χ0v) is 17.3. The Morgan fingerprint density at radius 3 is 2.52 bits per heavy atom. The Labute approximate surface area is 179 Å². The first kappa shape index (κ1) is 21.8. The normalized spacial score (nSPS) is 15.4. The van der Waals surface area contributed by atoms with Crippen molar-refractivity contribution in [3.63, 3.8) is 0 Å². The fourth-order valence-corrected chi connectivity index (χ4v) is 3.29. The van der Waals surface area contributed by atoms with Crippen molar-refractivity contribution < 1.29 is 23.9 Å². The van der Waals surface area contributed by atoms with Gasteiger partial charge in [-0.2, -0.15) is 0 Å². The van der Waals surface area contributed by atoms with Crippen LogP contribution in [0.4, 0.5) is 16.2 Å². The van der Waals surface area contributed by atoms with Crippen LogP contribution in [0.25, 0.3) is 0 Å². The highest BCUT2D eigenvalue weighted by Gasteiger charge is 2.38. The highest BCUT2D eigenvalue weighted by molar-refractivity contribution is 6.07. The molecule has 162 valence electrons. The van der Waals surface area contributed by atoms with Crippen LogP contribution in [0.2, 0.25) is 0 Å². The number of urea groups is 1. The lowest BCUT2D eigenvalue weighted by Crippen LogP contribution is -2.35. The molecular weight excluding hydrogens is 400 g/mol. The van der Waals surface area contributed by atoms with Crippen molar-refractivity contribution in [3.8, 4) is 5.75 Å². The first-order valence-corrected chi connectivity index (χ1v) is 9.78. The molecule has 0 radical (unpaired) electrons. The summed E-state index contributed by atoms with van der Waals surface area (Å²) in [6.45, 7) is 1.61. The standard InChI is InChI=1S/C22H24N4O5/c1-14(27)23-16-8-9-19(31-2)17(12-16)24-20(28)13-18-21(29)26(22(30)25-18)11-10-15-6-4-3-5-7-15/h3-9,12,18H,10-11,13H2,1-2H3,(H,23,27)(H,24,28)(H,25,30)/t18-/m1/s1. The molecule has 0 saturated carbocycles. The molecule has 1 heterocycles. The predicted molar refractivity (Wildman–Crippen MR) is 115 cm³/mol. The first-order chi connectivity index (χ1) is 14.9. The van der Waals surface area contributed by atoms with E-state index in [1.807, 2.05) is 30.3 Å². The largest absolute Gasteiger partial charge is 0.495 e. The maximum absolute atomic E-state index is 12.6. The fraction of sp³-hybridized carbons (Fsp3) is 0.273. The molecule has 1 saturated heterocycles. The number of amides is 5. The topological polar surface area (TPSA) is 117 Å². The molecule has 31 heavy (non-hydrogen) atoms. The van der Waals surface area contributed by atoms with E-state index in [9.17, 15) is 19.2 Å². The van der Waals surface area contributed by atoms with E-state index in [2.05, 4.69) is 16.0 Å². The Morgan fingerprint density at radius 2 is 1.84 bits per heavy atom. The van der Waals surface area contributed by atoms with E-state index in [4.69, 9.17) is 4.74 Å². The number of hydrogen-bond donors (Lipinski definition) is 3. The van der Waals surface area contributed by atoms with Gasteiger partial charge in [-0.1, -0.05) is 30.3 Å². The number of nitrogens with one attached hydrogen (secondary N) is 3. The Bertz CT molecular complexity index is 993. The average Bonchev–Trinajstić information content (AvgIpc) is 2.99. The zero-order valence-electron chi connectivity index (χ0n) is 17.3. The Hall–Kier alpha value is -3.88. The number of rotatable bonds is 8. The molecule has 9 heteroatoms. The Kier molecular flexibility index (Phi) is 6.86. The molecule has 1 atom stereocenters. The second kappa shape index (κ2) is 9.75. The van der Waals surface area contributed by atoms with Gasteiger partial charge in [0.2, 0.25) is 11.8 Å². The summed E-state index contributed by atoms with van der Waals surface area (Å²) in [6.07, 6.45) is 0.311. The number of nitrogens with zero attached hydrogens (tertiary/aromatic N) is 1. The van der Waals surface area contributed by atoms with Crippen molar-refractivity contribution in [2.75, 3.05) is 24.3 Å². The molecule has 1 aliphatic heterocycles. The third kappa shape index (κ3) is 5.59. The van der Waals surface area contributed by atoms with Gasteiger partial charge >= 0.3 is 6.03 Å². The van der Waals surface area contributed by atoms with Crippen LogP contribution in [-0.4, -0.2) is 48.3 Å². The maximum atomic E-state index is 12.6. The molecule has 0 bridgehead atoms. The van der Waals surface area contributed by atoms with Crippen LogP contribution in [0.3, 0.4) is 0 Å². The minimum Gasteiger partial charge on any atom is -0.495 e. The average molecular weight is 424 g/mol. The first-order valence-electron chi connectivity index (χ1n) is 9.78. The van der Waals surface area contributed by atoms with Gasteiger partial charge in [0.25, 0.3) is 5.91 Å². The van der Waals surface area contributed by atoms with Crippen LogP contribution in [0.5, 0.6) is 5.75 Å². The monoisotopic (exact) mass is 424 g/mol. The van der Waals surface area contributed by atoms with E-state index in [1.54, 1.807) is 18.2 Å². The number of hydrogen-bond acceptors (Lipinski definition) is 5. The molecule has 1 fully saturated rings. The molecule has 0 aliphatic carbocycles. The second-order valence-electron chi connectivity index (χ2n) is 7.08. The van der Waals surface area contributed by atoms with Crippen molar-refractivity contribution in [3.05, 3.63) is 54.1 Å². The van der Waals surface area contributed by atoms with Crippen molar-refractivity contribution in [2.45, 2.75) is 25.8 Å². The number of imide groups is 1. The zero-order chi connectivity index (χ0) is 22.4. The molecule has 3 N–H and O–H groups in total. The molecular formula is C22H24N4O5. The van der Waals surface area contributed by atoms with E-state index >= 15 is 0 Å². The maximum Gasteiger partial charge on any atom is 0.324 e. The summed E-state index contributed by atoms with van der Waals surface area (Å²) in [7, 11) is 1.45. The van der Waals surface area contributed by atoms with Gasteiger partial charge in [-0.25, -0.2) is 4.79 Å². The summed E-state index contributed by atoms with van der Waals surface area (Å²) >= 11 is 0. The number of anilines is 2. The summed E-state index contributed by atoms with van der Waals surface area (Å²) in [5.41, 5.74) is 1.84. The van der Waals surface area contributed by atoms with Gasteiger partial charge in [0.1, 0.15) is 11.8 Å². The predicted octanol–water partition coefficient (Wildman–Crippen LogP) is 2.15. The molecule has 5 amide bonds. The summed E-state index contributed by atoms with van der Waals surface area (Å²) < 4.78 is 5.23. The van der Waals surface area contributed by atoms with Gasteiger partial charge in [-0.05, 0) is 30.2 Å². The molecule has 2 aromatic rings. The lowest BCUT2D eigenvalue weighted by molar-refractivity contribution is -0.129. The van der Waals surface area contributed by atoms with Gasteiger partial charge in [-0.3, -0.25) is 19.3 Å². The number of carbonyl (C=O) groups is 4. The minimum atomic E-state index is -0.937. The van der Waals surface area contributed by atoms with Crippen LogP contribution in [-0.2, 0) is 20.8 Å². The van der Waals surface area contributed by atoms with E-state index in [0.29, 0.717) is 23.5 Å². The van der Waals surface area contributed by atoms with Gasteiger partial charge in [0, 0.05) is 19.2 Å². The van der Waals surface area contributed by atoms with Gasteiger partial charge in [-0.15, -0.1) is 0 Å². The van der Waals surface area contributed by atoms with Crippen LogP contribution in [0.1, 0.15) is 18.9 Å². The van der Waals surface area contributed by atoms with E-state index in [-0.39, 0.29) is 18.9 Å². The quantitative estimate of drug-likeness (QED) is 0.562. The number of ether oxygens (including phenoxy) is 1. The van der Waals surface area contributed by atoms with E-state index in [1.165, 1.54) is 14.0 Å². The van der Waals surface area contributed by atoms with Crippen LogP contribution in [0.15, 0.2) is 48.5 Å². The molecule has 9 nitrogen and oxygen atoms in total. The molecule has 2 aromatic carbocycles. The minimum absolute atomic E-state index is 0.222. The Morgan fingerprint density at radius 1 is 1.10 bits per heavy atom. The number of carbonyl (C=O) groups excluding carboxylic acids is 4. The lowest BCUT2D eigenvalue weighted by atomic mass is 10.1. The molecule has 3 rings (SSSR count). The molecule has 0 spiro atoms. The smallest absolute Gasteiger partial charge is 0.324 e. The van der Waals surface area contributed by atoms with Gasteiger partial charge in [0.15, 0.2) is 0 Å². The van der Waals surface area contributed by atoms with E-state index < -0.39 is 23.9 Å². The van der Waals surface area contributed by atoms with Crippen molar-refractivity contribution in [1.82, 2.24) is 10.2 Å². The van der Waals surface area contributed by atoms with Crippen molar-refractivity contribution in [2.24, 2.45) is 0 Å². The lowest BCUT2D eigenvalue weighted by Gasteiger charge is -2.14. The fourth-order valence-electron chi connectivity index (χ4n) is 3.29. The molecule has 0 aromatic heterocycles. The number of methoxy groups -OCH3 is 1. The summed E-state index contributed by atoms with van der Waals surface area (Å²) in [5, 5.41) is 7.86.